The third-order valence-corrected chi connectivity index (χ3v) is 10.6. The molecule has 1 N–H and O–H groups in total. The van der Waals surface area contributed by atoms with Crippen LogP contribution in [0.25, 0.3) is 53.6 Å². The number of aliphatic imine (C=N–C) groups is 1. The van der Waals surface area contributed by atoms with E-state index < -0.39 is 0 Å². The van der Waals surface area contributed by atoms with Crippen LogP contribution >= 0.6 is 11.3 Å². The third kappa shape index (κ3) is 6.20. The number of phenolic OH excluding ortho intramolecular Hbond substituents is 1. The van der Waals surface area contributed by atoms with E-state index in [1.165, 1.54) is 5.56 Å². The summed E-state index contributed by atoms with van der Waals surface area (Å²) in [6, 6.07) is 31.9. The second-order valence-electron chi connectivity index (χ2n) is 16.4. The van der Waals surface area contributed by atoms with Crippen LogP contribution in [0.15, 0.2) is 102 Å². The first kappa shape index (κ1) is 33.6. The first-order valence-corrected chi connectivity index (χ1v) is 18.1. The highest BCUT2D eigenvalue weighted by atomic mass is 32.1. The van der Waals surface area contributed by atoms with Gasteiger partial charge in [0.2, 0.25) is 0 Å². The Balaban J connectivity index is 1.47. The maximum atomic E-state index is 11.6. The van der Waals surface area contributed by atoms with Gasteiger partial charge in [-0.25, -0.2) is 4.98 Å². The van der Waals surface area contributed by atoms with E-state index in [0.29, 0.717) is 5.56 Å². The van der Waals surface area contributed by atoms with E-state index in [1.807, 2.05) is 18.5 Å². The molecule has 0 spiro atoms. The van der Waals surface area contributed by atoms with E-state index in [-0.39, 0.29) is 22.0 Å². The molecule has 2 heterocycles. The fourth-order valence-electron chi connectivity index (χ4n) is 6.57. The van der Waals surface area contributed by atoms with Gasteiger partial charge in [0.05, 0.1) is 21.4 Å². The highest BCUT2D eigenvalue weighted by Gasteiger charge is 2.25. The van der Waals surface area contributed by atoms with Crippen molar-refractivity contribution in [1.29, 1.82) is 0 Å². The minimum atomic E-state index is -0.233. The minimum Gasteiger partial charge on any atom is -0.507 e. The zero-order valence-corrected chi connectivity index (χ0v) is 31.3. The molecular weight excluding hydrogens is 631 g/mol. The smallest absolute Gasteiger partial charge is 0.128 e. The van der Waals surface area contributed by atoms with Gasteiger partial charge < -0.3 is 5.11 Å². The van der Waals surface area contributed by atoms with Crippen molar-refractivity contribution in [2.24, 2.45) is 4.99 Å². The number of hydrogen-bond acceptors (Lipinski definition) is 5. The van der Waals surface area contributed by atoms with E-state index in [9.17, 15) is 5.11 Å². The maximum absolute atomic E-state index is 11.6. The number of rotatable bonds is 4. The van der Waals surface area contributed by atoms with Crippen LogP contribution in [0.4, 0.5) is 5.69 Å². The number of benzene rings is 5. The van der Waals surface area contributed by atoms with Crippen LogP contribution in [0.5, 0.6) is 5.75 Å². The average Bonchev–Trinajstić information content (AvgIpc) is 3.50. The number of thiazole rings is 1. The molecule has 0 amide bonds. The zero-order valence-electron chi connectivity index (χ0n) is 30.5. The van der Waals surface area contributed by atoms with E-state index in [1.54, 1.807) is 11.3 Å². The molecule has 0 atom stereocenters. The summed E-state index contributed by atoms with van der Waals surface area (Å²) in [5.74, 6) is 0.278. The Morgan fingerprint density at radius 2 is 1.34 bits per heavy atom. The molecule has 5 heteroatoms. The SMILES string of the molecule is CC(C)(C)c1cc(C=Nc2c(-c3nc4c(-c5ccnc6ccccc56)cc(C(C)(C)C)cc4s3)ccc3ccccc23)c(O)c(C(C)(C)C)c1. The van der Waals surface area contributed by atoms with E-state index in [2.05, 4.69) is 152 Å². The fraction of sp³-hybridized carbons (Fsp3) is 0.267. The van der Waals surface area contributed by atoms with Crippen LogP contribution in [-0.2, 0) is 16.2 Å². The van der Waals surface area contributed by atoms with Crippen LogP contribution in [0.1, 0.15) is 84.6 Å². The molecule has 4 nitrogen and oxygen atoms in total. The zero-order chi connectivity index (χ0) is 35.6. The Morgan fingerprint density at radius 1 is 0.660 bits per heavy atom. The number of pyridine rings is 1. The lowest BCUT2D eigenvalue weighted by atomic mass is 9.79. The van der Waals surface area contributed by atoms with Crippen molar-refractivity contribution in [1.82, 2.24) is 9.97 Å². The lowest BCUT2D eigenvalue weighted by Crippen LogP contribution is -2.17. The van der Waals surface area contributed by atoms with Gasteiger partial charge in [-0.15, -0.1) is 11.3 Å². The first-order chi connectivity index (χ1) is 23.6. The van der Waals surface area contributed by atoms with Gasteiger partial charge in [-0.3, -0.25) is 9.98 Å². The standard InChI is InChI=1S/C45H45N3OS/c1-43(2,3)29-22-28(41(49)36(24-29)45(7,8)9)26-47-39-31-15-11-10-14-27(31)18-19-34(39)42-48-40-35(23-30(44(4,5)6)25-38(40)50-42)32-20-21-46-37-17-13-12-16-33(32)37/h10-26,49H,1-9H3. The Bertz CT molecular complexity index is 2440. The molecule has 0 fully saturated rings. The van der Waals surface area contributed by atoms with Gasteiger partial charge >= 0.3 is 0 Å². The highest BCUT2D eigenvalue weighted by Crippen LogP contribution is 2.45. The molecule has 0 saturated heterocycles. The lowest BCUT2D eigenvalue weighted by Gasteiger charge is -2.27. The van der Waals surface area contributed by atoms with Gasteiger partial charge in [-0.05, 0) is 74.7 Å². The predicted octanol–water partition coefficient (Wildman–Crippen LogP) is 12.7. The molecule has 0 bridgehead atoms. The average molecular weight is 676 g/mol. The van der Waals surface area contributed by atoms with Crippen molar-refractivity contribution < 1.29 is 5.11 Å². The Kier molecular flexibility index (Phi) is 8.18. The molecule has 0 unspecified atom stereocenters. The molecule has 50 heavy (non-hydrogen) atoms. The number of aromatic nitrogens is 2. The van der Waals surface area contributed by atoms with Gasteiger partial charge in [0.25, 0.3) is 0 Å². The fourth-order valence-corrected chi connectivity index (χ4v) is 7.63. The van der Waals surface area contributed by atoms with Crippen molar-refractivity contribution in [2.75, 3.05) is 0 Å². The van der Waals surface area contributed by atoms with Gasteiger partial charge in [0.15, 0.2) is 0 Å². The maximum Gasteiger partial charge on any atom is 0.128 e. The Hall–Kier alpha value is -4.87. The second kappa shape index (κ2) is 12.2. The number of fused-ring (bicyclic) bond motifs is 3. The molecule has 2 aromatic heterocycles. The Labute approximate surface area is 299 Å². The molecule has 0 aliphatic carbocycles. The molecule has 5 aromatic carbocycles. The summed E-state index contributed by atoms with van der Waals surface area (Å²) in [4.78, 5) is 15.3. The highest BCUT2D eigenvalue weighted by molar-refractivity contribution is 7.21. The Morgan fingerprint density at radius 3 is 2.06 bits per heavy atom. The van der Waals surface area contributed by atoms with Crippen molar-refractivity contribution in [3.8, 4) is 27.4 Å². The predicted molar refractivity (Wildman–Crippen MR) is 215 cm³/mol. The van der Waals surface area contributed by atoms with E-state index in [4.69, 9.17) is 9.98 Å². The van der Waals surface area contributed by atoms with Crippen molar-refractivity contribution in [2.45, 2.75) is 78.6 Å². The van der Waals surface area contributed by atoms with Crippen LogP contribution < -0.4 is 0 Å². The van der Waals surface area contributed by atoms with Gasteiger partial charge in [-0.2, -0.15) is 0 Å². The second-order valence-corrected chi connectivity index (χ2v) is 17.4. The number of aromatic hydroxyl groups is 1. The van der Waals surface area contributed by atoms with Crippen molar-refractivity contribution >= 4 is 55.1 Å². The topological polar surface area (TPSA) is 58.4 Å². The summed E-state index contributed by atoms with van der Waals surface area (Å²) < 4.78 is 1.14. The molecule has 0 aliphatic rings. The molecule has 7 aromatic rings. The van der Waals surface area contributed by atoms with Crippen molar-refractivity contribution in [3.05, 3.63) is 119 Å². The summed E-state index contributed by atoms with van der Waals surface area (Å²) in [5.41, 5.74) is 9.67. The minimum absolute atomic E-state index is 0.0518. The van der Waals surface area contributed by atoms with Gasteiger partial charge in [0.1, 0.15) is 10.8 Å². The first-order valence-electron chi connectivity index (χ1n) is 17.3. The van der Waals surface area contributed by atoms with Crippen LogP contribution in [0, 0.1) is 0 Å². The van der Waals surface area contributed by atoms with Gasteiger partial charge in [-0.1, -0.05) is 117 Å². The summed E-state index contributed by atoms with van der Waals surface area (Å²) in [6.07, 6.45) is 3.73. The molecule has 0 radical (unpaired) electrons. The number of para-hydroxylation sites is 1. The molecular formula is C45H45N3OS. The summed E-state index contributed by atoms with van der Waals surface area (Å²) in [5, 5.41) is 15.8. The van der Waals surface area contributed by atoms with Gasteiger partial charge in [0, 0.05) is 45.4 Å². The molecule has 0 aliphatic heterocycles. The van der Waals surface area contributed by atoms with Crippen molar-refractivity contribution in [3.63, 3.8) is 0 Å². The summed E-state index contributed by atoms with van der Waals surface area (Å²) >= 11 is 1.70. The van der Waals surface area contributed by atoms with Crippen LogP contribution in [0.2, 0.25) is 0 Å². The number of nitrogens with zero attached hydrogens (tertiary/aromatic N) is 3. The van der Waals surface area contributed by atoms with E-state index >= 15 is 0 Å². The number of phenols is 1. The lowest BCUT2D eigenvalue weighted by molar-refractivity contribution is 0.444. The normalized spacial score (nSPS) is 12.9. The van der Waals surface area contributed by atoms with Crippen LogP contribution in [0.3, 0.4) is 0 Å². The molecule has 252 valence electrons. The molecule has 7 rings (SSSR count). The van der Waals surface area contributed by atoms with Crippen LogP contribution in [-0.4, -0.2) is 21.3 Å². The largest absolute Gasteiger partial charge is 0.507 e. The summed E-state index contributed by atoms with van der Waals surface area (Å²) in [6.45, 7) is 19.8. The number of hydrogen-bond donors (Lipinski definition) is 1. The van der Waals surface area contributed by atoms with E-state index in [0.717, 1.165) is 70.4 Å². The molecule has 0 saturated carbocycles. The third-order valence-electron chi connectivity index (χ3n) is 9.58. The monoisotopic (exact) mass is 675 g/mol. The quantitative estimate of drug-likeness (QED) is 0.189. The summed E-state index contributed by atoms with van der Waals surface area (Å²) in [7, 11) is 0.